The van der Waals surface area contributed by atoms with Crippen LogP contribution >= 0.6 is 0 Å². The highest BCUT2D eigenvalue weighted by molar-refractivity contribution is 5.75. The molecule has 122 valence electrons. The third kappa shape index (κ3) is 5.60. The zero-order valence-electron chi connectivity index (χ0n) is 13.5. The van der Waals surface area contributed by atoms with Gasteiger partial charge in [-0.25, -0.2) is 9.97 Å². The van der Waals surface area contributed by atoms with Crippen molar-refractivity contribution in [1.29, 1.82) is 0 Å². The van der Waals surface area contributed by atoms with Crippen LogP contribution < -0.4 is 10.2 Å². The van der Waals surface area contributed by atoms with Gasteiger partial charge in [-0.2, -0.15) is 0 Å². The molecule has 6 heteroatoms. The van der Waals surface area contributed by atoms with Crippen LogP contribution in [0.4, 0.5) is 5.95 Å². The van der Waals surface area contributed by atoms with E-state index in [1.54, 1.807) is 12.4 Å². The summed E-state index contributed by atoms with van der Waals surface area (Å²) in [6.45, 7) is 7.92. The van der Waals surface area contributed by atoms with Gasteiger partial charge in [-0.05, 0) is 25.5 Å². The Morgan fingerprint density at radius 3 is 2.59 bits per heavy atom. The Morgan fingerprint density at radius 2 is 1.91 bits per heavy atom. The summed E-state index contributed by atoms with van der Waals surface area (Å²) in [5.41, 5.74) is 0. The van der Waals surface area contributed by atoms with Gasteiger partial charge in [0.15, 0.2) is 0 Å². The zero-order valence-corrected chi connectivity index (χ0v) is 13.5. The van der Waals surface area contributed by atoms with Gasteiger partial charge in [-0.3, -0.25) is 9.69 Å². The average molecular weight is 305 g/mol. The minimum Gasteiger partial charge on any atom is -0.356 e. The summed E-state index contributed by atoms with van der Waals surface area (Å²) in [6, 6.07) is 1.84. The van der Waals surface area contributed by atoms with Crippen molar-refractivity contribution in [2.75, 3.05) is 44.2 Å². The van der Waals surface area contributed by atoms with Gasteiger partial charge in [0.1, 0.15) is 0 Å². The molecule has 0 unspecified atom stereocenters. The molecule has 1 saturated heterocycles. The van der Waals surface area contributed by atoms with Gasteiger partial charge in [-0.1, -0.05) is 13.3 Å². The van der Waals surface area contributed by atoms with Crippen molar-refractivity contribution < 1.29 is 4.79 Å². The van der Waals surface area contributed by atoms with E-state index in [4.69, 9.17) is 0 Å². The van der Waals surface area contributed by atoms with E-state index in [9.17, 15) is 4.79 Å². The highest BCUT2D eigenvalue weighted by Crippen LogP contribution is 2.09. The standard InChI is InChI=1S/C16H27N5O/c1-2-3-6-15(22)17-9-5-10-20-11-13-21(14-12-20)16-18-7-4-8-19-16/h4,7-8H,2-3,5-6,9-14H2,1H3,(H,17,22). The Morgan fingerprint density at radius 1 is 1.18 bits per heavy atom. The molecule has 0 atom stereocenters. The predicted molar refractivity (Wildman–Crippen MR) is 87.8 cm³/mol. The SMILES string of the molecule is CCCCC(=O)NCCCN1CCN(c2ncccn2)CC1. The van der Waals surface area contributed by atoms with Crippen LogP contribution in [0.25, 0.3) is 0 Å². The van der Waals surface area contributed by atoms with Crippen molar-refractivity contribution >= 4 is 11.9 Å². The molecule has 1 aromatic rings. The first-order valence-electron chi connectivity index (χ1n) is 8.30. The first-order valence-corrected chi connectivity index (χ1v) is 8.30. The highest BCUT2D eigenvalue weighted by Gasteiger charge is 2.18. The predicted octanol–water partition coefficient (Wildman–Crippen LogP) is 1.30. The van der Waals surface area contributed by atoms with Crippen molar-refractivity contribution in [2.45, 2.75) is 32.6 Å². The monoisotopic (exact) mass is 305 g/mol. The summed E-state index contributed by atoms with van der Waals surface area (Å²) < 4.78 is 0. The fraction of sp³-hybridized carbons (Fsp3) is 0.688. The van der Waals surface area contributed by atoms with E-state index < -0.39 is 0 Å². The van der Waals surface area contributed by atoms with Crippen molar-refractivity contribution in [2.24, 2.45) is 0 Å². The molecule has 0 spiro atoms. The smallest absolute Gasteiger partial charge is 0.225 e. The molecular formula is C16H27N5O. The zero-order chi connectivity index (χ0) is 15.6. The average Bonchev–Trinajstić information content (AvgIpc) is 2.58. The number of hydrogen-bond donors (Lipinski definition) is 1. The van der Waals surface area contributed by atoms with Crippen molar-refractivity contribution in [1.82, 2.24) is 20.2 Å². The molecule has 1 N–H and O–H groups in total. The summed E-state index contributed by atoms with van der Waals surface area (Å²) >= 11 is 0. The van der Waals surface area contributed by atoms with Gasteiger partial charge in [0, 0.05) is 51.5 Å². The summed E-state index contributed by atoms with van der Waals surface area (Å²) in [5, 5.41) is 3.00. The van der Waals surface area contributed by atoms with Crippen LogP contribution in [-0.4, -0.2) is 60.0 Å². The van der Waals surface area contributed by atoms with Crippen LogP contribution in [0.2, 0.25) is 0 Å². The topological polar surface area (TPSA) is 61.4 Å². The molecule has 1 aromatic heterocycles. The number of hydrogen-bond acceptors (Lipinski definition) is 5. The number of carbonyl (C=O) groups is 1. The number of carbonyl (C=O) groups excluding carboxylic acids is 1. The van der Waals surface area contributed by atoms with Crippen molar-refractivity contribution in [3.8, 4) is 0 Å². The number of rotatable bonds is 8. The number of unbranched alkanes of at least 4 members (excludes halogenated alkanes) is 1. The van der Waals surface area contributed by atoms with Gasteiger partial charge in [0.25, 0.3) is 0 Å². The highest BCUT2D eigenvalue weighted by atomic mass is 16.1. The van der Waals surface area contributed by atoms with Crippen molar-refractivity contribution in [3.05, 3.63) is 18.5 Å². The van der Waals surface area contributed by atoms with Gasteiger partial charge in [0.05, 0.1) is 0 Å². The molecule has 1 fully saturated rings. The number of piperazine rings is 1. The number of aromatic nitrogens is 2. The molecule has 2 heterocycles. The molecule has 0 radical (unpaired) electrons. The minimum absolute atomic E-state index is 0.188. The Hall–Kier alpha value is -1.69. The summed E-state index contributed by atoms with van der Waals surface area (Å²) in [5.74, 6) is 1.01. The Balaban J connectivity index is 1.57. The molecule has 0 bridgehead atoms. The third-order valence-electron chi connectivity index (χ3n) is 3.94. The van der Waals surface area contributed by atoms with Crippen molar-refractivity contribution in [3.63, 3.8) is 0 Å². The largest absolute Gasteiger partial charge is 0.356 e. The lowest BCUT2D eigenvalue weighted by Gasteiger charge is -2.34. The molecule has 22 heavy (non-hydrogen) atoms. The van der Waals surface area contributed by atoms with Crippen LogP contribution in [0.1, 0.15) is 32.6 Å². The maximum absolute atomic E-state index is 11.5. The lowest BCUT2D eigenvalue weighted by molar-refractivity contribution is -0.121. The number of amides is 1. The van der Waals surface area contributed by atoms with Gasteiger partial charge in [-0.15, -0.1) is 0 Å². The third-order valence-corrected chi connectivity index (χ3v) is 3.94. The minimum atomic E-state index is 0.188. The maximum Gasteiger partial charge on any atom is 0.225 e. The van der Waals surface area contributed by atoms with Crippen LogP contribution in [0, 0.1) is 0 Å². The van der Waals surface area contributed by atoms with E-state index in [1.165, 1.54) is 0 Å². The number of nitrogens with one attached hydrogen (secondary N) is 1. The first kappa shape index (κ1) is 16.7. The number of anilines is 1. The van der Waals surface area contributed by atoms with Gasteiger partial charge in [0.2, 0.25) is 11.9 Å². The van der Waals surface area contributed by atoms with Crippen LogP contribution in [0.15, 0.2) is 18.5 Å². The van der Waals surface area contributed by atoms with E-state index in [1.807, 2.05) is 6.07 Å². The summed E-state index contributed by atoms with van der Waals surface area (Å²) in [6.07, 6.45) is 7.30. The molecule has 6 nitrogen and oxygen atoms in total. The summed E-state index contributed by atoms with van der Waals surface area (Å²) in [4.78, 5) is 24.8. The molecule has 0 aromatic carbocycles. The van der Waals surface area contributed by atoms with Crippen LogP contribution in [-0.2, 0) is 4.79 Å². The molecule has 0 saturated carbocycles. The quantitative estimate of drug-likeness (QED) is 0.734. The molecular weight excluding hydrogens is 278 g/mol. The number of nitrogens with zero attached hydrogens (tertiary/aromatic N) is 4. The molecule has 1 amide bonds. The summed E-state index contributed by atoms with van der Waals surface area (Å²) in [7, 11) is 0. The lowest BCUT2D eigenvalue weighted by atomic mass is 10.2. The molecule has 0 aliphatic carbocycles. The van der Waals surface area contributed by atoms with E-state index in [2.05, 4.69) is 32.0 Å². The molecule has 1 aliphatic rings. The van der Waals surface area contributed by atoms with Crippen LogP contribution in [0.5, 0.6) is 0 Å². The fourth-order valence-corrected chi connectivity index (χ4v) is 2.58. The molecule has 1 aliphatic heterocycles. The Labute approximate surface area is 132 Å². The second-order valence-corrected chi connectivity index (χ2v) is 5.68. The normalized spacial score (nSPS) is 15.8. The van der Waals surface area contributed by atoms with E-state index in [-0.39, 0.29) is 5.91 Å². The van der Waals surface area contributed by atoms with E-state index >= 15 is 0 Å². The van der Waals surface area contributed by atoms with E-state index in [0.717, 1.165) is 64.5 Å². The first-order chi connectivity index (χ1) is 10.8. The Kier molecular flexibility index (Phi) is 7.09. The van der Waals surface area contributed by atoms with E-state index in [0.29, 0.717) is 6.42 Å². The van der Waals surface area contributed by atoms with Gasteiger partial charge >= 0.3 is 0 Å². The molecule has 2 rings (SSSR count). The van der Waals surface area contributed by atoms with Gasteiger partial charge < -0.3 is 10.2 Å². The maximum atomic E-state index is 11.5. The van der Waals surface area contributed by atoms with Crippen LogP contribution in [0.3, 0.4) is 0 Å². The second kappa shape index (κ2) is 9.35. The lowest BCUT2D eigenvalue weighted by Crippen LogP contribution is -2.47. The Bertz CT molecular complexity index is 431. The fourth-order valence-electron chi connectivity index (χ4n) is 2.58. The second-order valence-electron chi connectivity index (χ2n) is 5.68.